The minimum atomic E-state index is -0.110. The fourth-order valence-corrected chi connectivity index (χ4v) is 8.34. The molecule has 8 aromatic carbocycles. The Kier molecular flexibility index (Phi) is 6.56. The second kappa shape index (κ2) is 11.3. The average molecular weight is 654 g/mol. The van der Waals surface area contributed by atoms with E-state index in [4.69, 9.17) is 4.42 Å². The number of hydrogen-bond donors (Lipinski definition) is 0. The fourth-order valence-electron chi connectivity index (χ4n) is 8.34. The maximum atomic E-state index is 7.16. The third-order valence-corrected chi connectivity index (χ3v) is 10.9. The van der Waals surface area contributed by atoms with Crippen LogP contribution in [0.15, 0.2) is 180 Å². The molecule has 2 nitrogen and oxygen atoms in total. The molecular weight excluding hydrogens is 619 g/mol. The van der Waals surface area contributed by atoms with E-state index in [0.717, 1.165) is 50.1 Å². The molecule has 1 aromatic heterocycles. The van der Waals surface area contributed by atoms with Crippen LogP contribution in [-0.2, 0) is 5.41 Å². The fraction of sp³-hybridized carbons (Fsp3) is 0.0612. The van der Waals surface area contributed by atoms with Gasteiger partial charge in [0.15, 0.2) is 5.58 Å². The monoisotopic (exact) mass is 653 g/mol. The van der Waals surface area contributed by atoms with Crippen LogP contribution in [0.1, 0.15) is 25.0 Å². The lowest BCUT2D eigenvalue weighted by Gasteiger charge is -2.28. The van der Waals surface area contributed by atoms with Crippen LogP contribution in [-0.4, -0.2) is 0 Å². The van der Waals surface area contributed by atoms with Gasteiger partial charge in [0.2, 0.25) is 0 Å². The summed E-state index contributed by atoms with van der Waals surface area (Å²) in [6.45, 7) is 4.68. The van der Waals surface area contributed by atoms with Crippen molar-refractivity contribution >= 4 is 49.8 Å². The average Bonchev–Trinajstić information content (AvgIpc) is 3.67. The van der Waals surface area contributed by atoms with Gasteiger partial charge < -0.3 is 9.32 Å². The molecule has 0 radical (unpaired) electrons. The summed E-state index contributed by atoms with van der Waals surface area (Å²) in [6.07, 6.45) is 0. The highest BCUT2D eigenvalue weighted by Gasteiger charge is 2.36. The third-order valence-electron chi connectivity index (χ3n) is 10.9. The Morgan fingerprint density at radius 1 is 0.431 bits per heavy atom. The van der Waals surface area contributed by atoms with Gasteiger partial charge in [0, 0.05) is 33.1 Å². The van der Waals surface area contributed by atoms with Gasteiger partial charge in [-0.25, -0.2) is 0 Å². The second-order valence-electron chi connectivity index (χ2n) is 14.1. The van der Waals surface area contributed by atoms with E-state index < -0.39 is 0 Å². The van der Waals surface area contributed by atoms with Gasteiger partial charge in [0.1, 0.15) is 5.58 Å². The van der Waals surface area contributed by atoms with Crippen molar-refractivity contribution < 1.29 is 4.42 Å². The van der Waals surface area contributed by atoms with Crippen molar-refractivity contribution in [3.8, 4) is 33.4 Å². The summed E-state index contributed by atoms with van der Waals surface area (Å²) in [5.41, 5.74) is 14.9. The first kappa shape index (κ1) is 29.5. The molecule has 1 aliphatic carbocycles. The summed E-state index contributed by atoms with van der Waals surface area (Å²) >= 11 is 0. The number of rotatable bonds is 5. The van der Waals surface area contributed by atoms with Crippen LogP contribution in [0.3, 0.4) is 0 Å². The Balaban J connectivity index is 1.20. The van der Waals surface area contributed by atoms with Crippen molar-refractivity contribution in [3.05, 3.63) is 187 Å². The van der Waals surface area contributed by atoms with E-state index in [1.165, 1.54) is 44.2 Å². The SMILES string of the molecule is CC1(C)c2ccccc2-c2ccc(N(c3ccccc3)c3cccc4c3oc3c(-c5ccc(-c6ccccc6)cc5)c5ccccc5cc34)cc21. The van der Waals surface area contributed by atoms with Gasteiger partial charge in [-0.1, -0.05) is 153 Å². The molecule has 0 aliphatic heterocycles. The molecule has 0 atom stereocenters. The highest BCUT2D eigenvalue weighted by molar-refractivity contribution is 6.20. The second-order valence-corrected chi connectivity index (χ2v) is 14.1. The van der Waals surface area contributed by atoms with Crippen LogP contribution < -0.4 is 4.90 Å². The Morgan fingerprint density at radius 2 is 1.08 bits per heavy atom. The number of hydrogen-bond acceptors (Lipinski definition) is 2. The number of nitrogens with zero attached hydrogens (tertiary/aromatic N) is 1. The molecule has 51 heavy (non-hydrogen) atoms. The zero-order valence-electron chi connectivity index (χ0n) is 28.6. The first-order valence-electron chi connectivity index (χ1n) is 17.7. The third kappa shape index (κ3) is 4.57. The maximum Gasteiger partial charge on any atom is 0.159 e. The molecule has 1 aliphatic rings. The highest BCUT2D eigenvalue weighted by atomic mass is 16.3. The van der Waals surface area contributed by atoms with E-state index in [9.17, 15) is 0 Å². The minimum Gasteiger partial charge on any atom is -0.453 e. The molecule has 0 unspecified atom stereocenters. The van der Waals surface area contributed by atoms with Gasteiger partial charge in [-0.15, -0.1) is 0 Å². The summed E-state index contributed by atoms with van der Waals surface area (Å²) in [7, 11) is 0. The molecule has 0 fully saturated rings. The molecule has 9 aromatic rings. The molecule has 2 heteroatoms. The molecule has 0 N–H and O–H groups in total. The molecule has 0 amide bonds. The van der Waals surface area contributed by atoms with Crippen molar-refractivity contribution in [1.29, 1.82) is 0 Å². The number of anilines is 3. The standard InChI is InChI=1S/C49H35NO/c1-49(2)43-22-12-11-20-39(43)40-29-28-37(31-44(40)49)50(36-17-7-4-8-18-36)45-23-13-21-41-42-30-35-16-9-10-19-38(35)46(48(42)51-47(41)45)34-26-24-33(25-27-34)32-14-5-3-6-15-32/h3-31H,1-2H3. The zero-order valence-corrected chi connectivity index (χ0v) is 28.6. The molecule has 10 rings (SSSR count). The molecule has 0 saturated heterocycles. The summed E-state index contributed by atoms with van der Waals surface area (Å²) in [5.74, 6) is 0. The Labute approximate surface area is 297 Å². The van der Waals surface area contributed by atoms with E-state index in [1.54, 1.807) is 0 Å². The van der Waals surface area contributed by atoms with Crippen LogP contribution in [0, 0.1) is 0 Å². The molecule has 0 spiro atoms. The van der Waals surface area contributed by atoms with E-state index in [-0.39, 0.29) is 5.41 Å². The van der Waals surface area contributed by atoms with Crippen molar-refractivity contribution in [2.45, 2.75) is 19.3 Å². The molecule has 242 valence electrons. The lowest BCUT2D eigenvalue weighted by molar-refractivity contribution is 0.660. The van der Waals surface area contributed by atoms with Crippen LogP contribution in [0.2, 0.25) is 0 Å². The zero-order chi connectivity index (χ0) is 34.1. The van der Waals surface area contributed by atoms with Crippen molar-refractivity contribution in [2.24, 2.45) is 0 Å². The molecular formula is C49H35NO. The number of para-hydroxylation sites is 2. The van der Waals surface area contributed by atoms with E-state index in [2.05, 4.69) is 195 Å². The van der Waals surface area contributed by atoms with Gasteiger partial charge in [-0.05, 0) is 86.1 Å². The van der Waals surface area contributed by atoms with E-state index in [0.29, 0.717) is 0 Å². The number of fused-ring (bicyclic) bond motifs is 7. The minimum absolute atomic E-state index is 0.110. The van der Waals surface area contributed by atoms with Gasteiger partial charge in [0.25, 0.3) is 0 Å². The molecule has 0 bridgehead atoms. The predicted octanol–water partition coefficient (Wildman–Crippen LogP) is 13.8. The van der Waals surface area contributed by atoms with Crippen LogP contribution in [0.5, 0.6) is 0 Å². The summed E-state index contributed by atoms with van der Waals surface area (Å²) in [6, 6.07) is 63.4. The highest BCUT2D eigenvalue weighted by Crippen LogP contribution is 2.52. The van der Waals surface area contributed by atoms with Crippen molar-refractivity contribution in [2.75, 3.05) is 4.90 Å². The Hall–Kier alpha value is -6.38. The first-order valence-corrected chi connectivity index (χ1v) is 17.7. The normalized spacial score (nSPS) is 13.1. The van der Waals surface area contributed by atoms with Crippen molar-refractivity contribution in [3.63, 3.8) is 0 Å². The maximum absolute atomic E-state index is 7.16. The lowest BCUT2D eigenvalue weighted by Crippen LogP contribution is -2.16. The Bertz CT molecular complexity index is 2760. The van der Waals surface area contributed by atoms with Crippen LogP contribution >= 0.6 is 0 Å². The van der Waals surface area contributed by atoms with Gasteiger partial charge >= 0.3 is 0 Å². The largest absolute Gasteiger partial charge is 0.453 e. The topological polar surface area (TPSA) is 16.4 Å². The number of benzene rings is 8. The summed E-state index contributed by atoms with van der Waals surface area (Å²) in [4.78, 5) is 2.36. The quantitative estimate of drug-likeness (QED) is 0.184. The predicted molar refractivity (Wildman–Crippen MR) is 214 cm³/mol. The smallest absolute Gasteiger partial charge is 0.159 e. The van der Waals surface area contributed by atoms with E-state index >= 15 is 0 Å². The first-order chi connectivity index (χ1) is 25.1. The number of furan rings is 1. The van der Waals surface area contributed by atoms with Crippen LogP contribution in [0.25, 0.3) is 66.1 Å². The van der Waals surface area contributed by atoms with Gasteiger partial charge in [0.05, 0.1) is 5.69 Å². The lowest BCUT2D eigenvalue weighted by atomic mass is 9.82. The van der Waals surface area contributed by atoms with E-state index in [1.807, 2.05) is 0 Å². The molecule has 0 saturated carbocycles. The van der Waals surface area contributed by atoms with Crippen molar-refractivity contribution in [1.82, 2.24) is 0 Å². The van der Waals surface area contributed by atoms with Gasteiger partial charge in [-0.3, -0.25) is 0 Å². The molecule has 1 heterocycles. The summed E-state index contributed by atoms with van der Waals surface area (Å²) in [5, 5.41) is 4.59. The van der Waals surface area contributed by atoms with Crippen LogP contribution in [0.4, 0.5) is 17.1 Å². The Morgan fingerprint density at radius 3 is 1.90 bits per heavy atom. The summed E-state index contributed by atoms with van der Waals surface area (Å²) < 4.78 is 7.16. The van der Waals surface area contributed by atoms with Gasteiger partial charge in [-0.2, -0.15) is 0 Å².